The first-order valence-corrected chi connectivity index (χ1v) is 6.39. The fraction of sp³-hybridized carbons (Fsp3) is 0.400. The maximum absolute atomic E-state index is 11.8. The smallest absolute Gasteiger partial charge is 0.254 e. The third-order valence-electron chi connectivity index (χ3n) is 1.93. The number of hydrogen-bond acceptors (Lipinski definition) is 3. The fourth-order valence-electron chi connectivity index (χ4n) is 1.18. The number of hydrogen-bond donors (Lipinski definition) is 0. The Morgan fingerprint density at radius 2 is 2.47 bits per heavy atom. The molecule has 0 aliphatic carbocycles. The molecule has 0 N–H and O–H groups in total. The first-order chi connectivity index (χ1) is 7.04. The highest BCUT2D eigenvalue weighted by molar-refractivity contribution is 14.1. The monoisotopic (exact) mass is 334 g/mol. The Labute approximate surface area is 107 Å². The fourth-order valence-corrected chi connectivity index (χ4v) is 2.50. The van der Waals surface area contributed by atoms with Crippen LogP contribution in [0.3, 0.4) is 0 Å². The molecular formula is C10H11IN2OS. The van der Waals surface area contributed by atoms with Gasteiger partial charge in [0.05, 0.1) is 20.4 Å². The van der Waals surface area contributed by atoms with E-state index in [0.29, 0.717) is 12.1 Å². The lowest BCUT2D eigenvalue weighted by atomic mass is 10.2. The maximum atomic E-state index is 11.8. The van der Waals surface area contributed by atoms with Crippen LogP contribution in [0, 0.1) is 20.1 Å². The largest absolute Gasteiger partial charge is 0.340 e. The average Bonchev–Trinajstić information content (AvgIpc) is 2.63. The Kier molecular flexibility index (Phi) is 4.54. The van der Waals surface area contributed by atoms with E-state index in [4.69, 9.17) is 5.26 Å². The summed E-state index contributed by atoms with van der Waals surface area (Å²) in [5, 5.41) is 10.5. The van der Waals surface area contributed by atoms with Crippen LogP contribution in [0.1, 0.15) is 17.3 Å². The van der Waals surface area contributed by atoms with Gasteiger partial charge >= 0.3 is 0 Å². The molecule has 5 heteroatoms. The van der Waals surface area contributed by atoms with Gasteiger partial charge in [-0.25, -0.2) is 0 Å². The van der Waals surface area contributed by atoms with Crippen molar-refractivity contribution >= 4 is 39.8 Å². The normalized spacial score (nSPS) is 11.9. The third-order valence-corrected chi connectivity index (χ3v) is 3.72. The summed E-state index contributed by atoms with van der Waals surface area (Å²) in [7, 11) is 1.72. The van der Waals surface area contributed by atoms with E-state index in [9.17, 15) is 4.79 Å². The number of thiophene rings is 1. The average molecular weight is 334 g/mol. The van der Waals surface area contributed by atoms with Gasteiger partial charge in [0, 0.05) is 19.0 Å². The standard InChI is InChI=1S/C10H11IN2OS/c1-7(4-12)5-13(2)10(14)8-3-9(11)15-6-8/h3,6-7H,5H2,1-2H3. The van der Waals surface area contributed by atoms with Gasteiger partial charge in [-0.05, 0) is 35.6 Å². The number of carbonyl (C=O) groups is 1. The van der Waals surface area contributed by atoms with E-state index in [-0.39, 0.29) is 11.8 Å². The van der Waals surface area contributed by atoms with Crippen molar-refractivity contribution in [2.45, 2.75) is 6.92 Å². The van der Waals surface area contributed by atoms with E-state index in [2.05, 4.69) is 28.7 Å². The molecule has 0 spiro atoms. The molecule has 1 rings (SSSR count). The zero-order chi connectivity index (χ0) is 11.4. The Hall–Kier alpha value is -0.610. The van der Waals surface area contributed by atoms with Gasteiger partial charge in [0.15, 0.2) is 0 Å². The highest BCUT2D eigenvalue weighted by Gasteiger charge is 2.15. The Morgan fingerprint density at radius 3 is 2.93 bits per heavy atom. The Balaban J connectivity index is 2.65. The molecule has 1 heterocycles. The van der Waals surface area contributed by atoms with Gasteiger partial charge in [0.1, 0.15) is 0 Å². The maximum Gasteiger partial charge on any atom is 0.254 e. The van der Waals surface area contributed by atoms with Crippen molar-refractivity contribution in [2.24, 2.45) is 5.92 Å². The molecule has 0 saturated heterocycles. The molecule has 15 heavy (non-hydrogen) atoms. The van der Waals surface area contributed by atoms with E-state index < -0.39 is 0 Å². The molecule has 1 unspecified atom stereocenters. The van der Waals surface area contributed by atoms with E-state index in [1.54, 1.807) is 30.2 Å². The van der Waals surface area contributed by atoms with Crippen LogP contribution in [0.2, 0.25) is 0 Å². The van der Waals surface area contributed by atoms with Crippen LogP contribution >= 0.6 is 33.9 Å². The summed E-state index contributed by atoms with van der Waals surface area (Å²) in [6, 6.07) is 3.98. The lowest BCUT2D eigenvalue weighted by Gasteiger charge is -2.17. The number of halogens is 1. The summed E-state index contributed by atoms with van der Waals surface area (Å²) in [6.07, 6.45) is 0. The van der Waals surface area contributed by atoms with Crippen LogP contribution in [0.4, 0.5) is 0 Å². The molecule has 0 fully saturated rings. The molecule has 0 saturated carbocycles. The summed E-state index contributed by atoms with van der Waals surface area (Å²) in [4.78, 5) is 13.4. The number of amides is 1. The quantitative estimate of drug-likeness (QED) is 0.798. The lowest BCUT2D eigenvalue weighted by Crippen LogP contribution is -2.30. The van der Waals surface area contributed by atoms with Gasteiger partial charge in [-0.1, -0.05) is 0 Å². The highest BCUT2D eigenvalue weighted by Crippen LogP contribution is 2.18. The van der Waals surface area contributed by atoms with Gasteiger partial charge in [0.25, 0.3) is 5.91 Å². The molecule has 0 aliphatic rings. The van der Waals surface area contributed by atoms with Crippen molar-refractivity contribution < 1.29 is 4.79 Å². The van der Waals surface area contributed by atoms with E-state index >= 15 is 0 Å². The molecule has 0 aromatic carbocycles. The van der Waals surface area contributed by atoms with Gasteiger partial charge in [0.2, 0.25) is 0 Å². The third kappa shape index (κ3) is 3.47. The molecule has 0 radical (unpaired) electrons. The summed E-state index contributed by atoms with van der Waals surface area (Å²) < 4.78 is 1.10. The van der Waals surface area contributed by atoms with Gasteiger partial charge < -0.3 is 4.90 Å². The lowest BCUT2D eigenvalue weighted by molar-refractivity contribution is 0.0785. The molecule has 1 amide bonds. The van der Waals surface area contributed by atoms with Crippen LogP contribution in [-0.2, 0) is 0 Å². The summed E-state index contributed by atoms with van der Waals surface area (Å²) in [5.74, 6) is -0.145. The van der Waals surface area contributed by atoms with Crippen molar-refractivity contribution in [2.75, 3.05) is 13.6 Å². The summed E-state index contributed by atoms with van der Waals surface area (Å²) in [6.45, 7) is 2.28. The van der Waals surface area contributed by atoms with E-state index in [1.807, 2.05) is 11.4 Å². The van der Waals surface area contributed by atoms with Crippen molar-refractivity contribution in [3.8, 4) is 6.07 Å². The zero-order valence-corrected chi connectivity index (χ0v) is 11.5. The van der Waals surface area contributed by atoms with Gasteiger partial charge in [-0.2, -0.15) is 5.26 Å². The molecule has 0 bridgehead atoms. The van der Waals surface area contributed by atoms with Crippen LogP contribution in [0.5, 0.6) is 0 Å². The molecular weight excluding hydrogens is 323 g/mol. The van der Waals surface area contributed by atoms with Crippen LogP contribution < -0.4 is 0 Å². The first kappa shape index (κ1) is 12.5. The van der Waals surface area contributed by atoms with Gasteiger partial charge in [-0.3, -0.25) is 4.79 Å². The number of carbonyl (C=O) groups excluding carboxylic acids is 1. The second-order valence-electron chi connectivity index (χ2n) is 3.36. The van der Waals surface area contributed by atoms with Crippen molar-refractivity contribution in [1.29, 1.82) is 5.26 Å². The summed E-state index contributed by atoms with van der Waals surface area (Å²) in [5.41, 5.74) is 0.706. The second kappa shape index (κ2) is 5.47. The first-order valence-electron chi connectivity index (χ1n) is 4.43. The number of nitriles is 1. The minimum absolute atomic E-state index is 0.0173. The van der Waals surface area contributed by atoms with Crippen LogP contribution in [-0.4, -0.2) is 24.4 Å². The number of rotatable bonds is 3. The van der Waals surface area contributed by atoms with Gasteiger partial charge in [-0.15, -0.1) is 11.3 Å². The molecule has 80 valence electrons. The molecule has 3 nitrogen and oxygen atoms in total. The summed E-state index contributed by atoms with van der Waals surface area (Å²) >= 11 is 3.73. The minimum Gasteiger partial charge on any atom is -0.340 e. The zero-order valence-electron chi connectivity index (χ0n) is 8.53. The number of nitrogens with zero attached hydrogens (tertiary/aromatic N) is 2. The predicted octanol–water partition coefficient (Wildman–Crippen LogP) is 2.58. The predicted molar refractivity (Wildman–Crippen MR) is 68.8 cm³/mol. The highest BCUT2D eigenvalue weighted by atomic mass is 127. The van der Waals surface area contributed by atoms with Crippen molar-refractivity contribution in [3.05, 3.63) is 19.9 Å². The van der Waals surface area contributed by atoms with Crippen molar-refractivity contribution in [3.63, 3.8) is 0 Å². The Bertz CT molecular complexity index is 396. The molecule has 0 aliphatic heterocycles. The van der Waals surface area contributed by atoms with E-state index in [0.717, 1.165) is 2.88 Å². The van der Waals surface area contributed by atoms with Crippen LogP contribution in [0.25, 0.3) is 0 Å². The topological polar surface area (TPSA) is 44.1 Å². The molecule has 1 aromatic rings. The Morgan fingerprint density at radius 1 is 1.80 bits per heavy atom. The second-order valence-corrected chi connectivity index (χ2v) is 6.16. The molecule has 1 atom stereocenters. The van der Waals surface area contributed by atoms with Crippen LogP contribution in [0.15, 0.2) is 11.4 Å². The van der Waals surface area contributed by atoms with Crippen molar-refractivity contribution in [1.82, 2.24) is 4.90 Å². The minimum atomic E-state index is -0.128. The SMILES string of the molecule is CC(C#N)CN(C)C(=O)c1csc(I)c1. The molecule has 1 aromatic heterocycles. The van der Waals surface area contributed by atoms with E-state index in [1.165, 1.54) is 0 Å².